The molecule has 3 N–H and O–H groups in total. The van der Waals surface area contributed by atoms with Crippen molar-refractivity contribution in [2.75, 3.05) is 6.54 Å². The lowest BCUT2D eigenvalue weighted by atomic mass is 10.0. The Labute approximate surface area is 78.1 Å². The topological polar surface area (TPSA) is 55.1 Å². The van der Waals surface area contributed by atoms with Crippen LogP contribution in [0.1, 0.15) is 19.3 Å². The molecule has 0 aliphatic heterocycles. The Kier molecular flexibility index (Phi) is 1.48. The molecule has 3 rings (SSSR count). The molecule has 0 aromatic rings. The Morgan fingerprint density at radius 3 is 2.46 bits per heavy atom. The van der Waals surface area contributed by atoms with Crippen LogP contribution in [-0.4, -0.2) is 18.5 Å². The minimum absolute atomic E-state index is 0.225. The number of amides is 1. The number of rotatable bonds is 3. The second-order valence-corrected chi connectivity index (χ2v) is 4.86. The van der Waals surface area contributed by atoms with Crippen LogP contribution in [0.3, 0.4) is 0 Å². The Morgan fingerprint density at radius 2 is 1.92 bits per heavy atom. The van der Waals surface area contributed by atoms with Gasteiger partial charge in [-0.15, -0.1) is 0 Å². The smallest absolute Gasteiger partial charge is 0.231 e. The third-order valence-corrected chi connectivity index (χ3v) is 4.25. The molecule has 4 unspecified atom stereocenters. The molecule has 0 spiro atoms. The first kappa shape index (κ1) is 7.80. The monoisotopic (exact) mass is 180 g/mol. The van der Waals surface area contributed by atoms with Gasteiger partial charge < -0.3 is 11.1 Å². The van der Waals surface area contributed by atoms with Gasteiger partial charge in [0, 0.05) is 6.04 Å². The summed E-state index contributed by atoms with van der Waals surface area (Å²) in [6, 6.07) is 0.638. The highest BCUT2D eigenvalue weighted by molar-refractivity contribution is 5.76. The number of nitrogens with two attached hydrogens (primary N) is 1. The predicted molar refractivity (Wildman–Crippen MR) is 48.8 cm³/mol. The zero-order valence-electron chi connectivity index (χ0n) is 7.70. The van der Waals surface area contributed by atoms with Crippen molar-refractivity contribution in [3.8, 4) is 0 Å². The summed E-state index contributed by atoms with van der Waals surface area (Å²) in [5, 5.41) is 3.28. The van der Waals surface area contributed by atoms with Crippen molar-refractivity contribution < 1.29 is 4.79 Å². The predicted octanol–water partition coefficient (Wildman–Crippen LogP) is 0.106. The van der Waals surface area contributed by atoms with Gasteiger partial charge in [0.2, 0.25) is 5.91 Å². The summed E-state index contributed by atoms with van der Waals surface area (Å²) in [6.07, 6.45) is 4.32. The fourth-order valence-electron chi connectivity index (χ4n) is 3.82. The van der Waals surface area contributed by atoms with E-state index in [1.807, 2.05) is 0 Å². The molecule has 0 aromatic heterocycles. The first-order valence-corrected chi connectivity index (χ1v) is 5.29. The van der Waals surface area contributed by atoms with Crippen molar-refractivity contribution in [2.45, 2.75) is 25.3 Å². The SMILES string of the molecule is NC(=O)CNC1C2C3CCC(C3)C12. The van der Waals surface area contributed by atoms with Gasteiger partial charge in [-0.05, 0) is 42.9 Å². The van der Waals surface area contributed by atoms with Crippen LogP contribution in [0.2, 0.25) is 0 Å². The summed E-state index contributed by atoms with van der Waals surface area (Å²) in [4.78, 5) is 10.6. The van der Waals surface area contributed by atoms with Gasteiger partial charge in [-0.2, -0.15) is 0 Å². The van der Waals surface area contributed by atoms with Crippen LogP contribution >= 0.6 is 0 Å². The molecular formula is C10H16N2O. The lowest BCUT2D eigenvalue weighted by Gasteiger charge is -2.08. The van der Waals surface area contributed by atoms with Gasteiger partial charge in [0.15, 0.2) is 0 Å². The van der Waals surface area contributed by atoms with Crippen LogP contribution in [0.4, 0.5) is 0 Å². The molecule has 72 valence electrons. The summed E-state index contributed by atoms with van der Waals surface area (Å²) in [6.45, 7) is 0.372. The molecule has 13 heavy (non-hydrogen) atoms. The Morgan fingerprint density at radius 1 is 1.31 bits per heavy atom. The average Bonchev–Trinajstić information content (AvgIpc) is 2.51. The average molecular weight is 180 g/mol. The van der Waals surface area contributed by atoms with E-state index in [1.165, 1.54) is 19.3 Å². The van der Waals surface area contributed by atoms with Gasteiger partial charge in [0.25, 0.3) is 0 Å². The van der Waals surface area contributed by atoms with E-state index in [1.54, 1.807) is 0 Å². The largest absolute Gasteiger partial charge is 0.369 e. The minimum atomic E-state index is -0.225. The van der Waals surface area contributed by atoms with E-state index in [0.717, 1.165) is 23.7 Å². The zero-order valence-corrected chi connectivity index (χ0v) is 7.70. The number of carbonyl (C=O) groups is 1. The molecule has 1 amide bonds. The minimum Gasteiger partial charge on any atom is -0.369 e. The fraction of sp³-hybridized carbons (Fsp3) is 0.900. The first-order valence-electron chi connectivity index (χ1n) is 5.29. The Hall–Kier alpha value is -0.570. The molecule has 3 heteroatoms. The van der Waals surface area contributed by atoms with Crippen LogP contribution in [0.5, 0.6) is 0 Å². The van der Waals surface area contributed by atoms with Crippen LogP contribution in [0.15, 0.2) is 0 Å². The van der Waals surface area contributed by atoms with Crippen LogP contribution < -0.4 is 11.1 Å². The highest BCUT2D eigenvalue weighted by atomic mass is 16.1. The van der Waals surface area contributed by atoms with Gasteiger partial charge in [-0.25, -0.2) is 0 Å². The molecule has 0 radical (unpaired) electrons. The van der Waals surface area contributed by atoms with Gasteiger partial charge in [-0.1, -0.05) is 0 Å². The number of hydrogen-bond donors (Lipinski definition) is 2. The molecule has 2 bridgehead atoms. The van der Waals surface area contributed by atoms with E-state index in [2.05, 4.69) is 5.32 Å². The quantitative estimate of drug-likeness (QED) is 0.647. The highest BCUT2D eigenvalue weighted by Crippen LogP contribution is 2.65. The number of carbonyl (C=O) groups excluding carboxylic acids is 1. The maximum Gasteiger partial charge on any atom is 0.231 e. The van der Waals surface area contributed by atoms with Gasteiger partial charge >= 0.3 is 0 Å². The van der Waals surface area contributed by atoms with E-state index in [9.17, 15) is 4.79 Å². The summed E-state index contributed by atoms with van der Waals surface area (Å²) in [5.41, 5.74) is 5.10. The van der Waals surface area contributed by atoms with Crippen LogP contribution in [0, 0.1) is 23.7 Å². The van der Waals surface area contributed by atoms with E-state index in [0.29, 0.717) is 12.6 Å². The molecule has 3 fully saturated rings. The molecule has 3 nitrogen and oxygen atoms in total. The van der Waals surface area contributed by atoms with E-state index >= 15 is 0 Å². The molecule has 0 heterocycles. The van der Waals surface area contributed by atoms with Crippen molar-refractivity contribution in [2.24, 2.45) is 29.4 Å². The molecule has 3 aliphatic carbocycles. The summed E-state index contributed by atoms with van der Waals surface area (Å²) < 4.78 is 0. The van der Waals surface area contributed by atoms with Crippen LogP contribution in [-0.2, 0) is 4.79 Å². The highest BCUT2D eigenvalue weighted by Gasteiger charge is 2.64. The van der Waals surface area contributed by atoms with Crippen molar-refractivity contribution in [3.63, 3.8) is 0 Å². The van der Waals surface area contributed by atoms with Crippen molar-refractivity contribution >= 4 is 5.91 Å². The Bertz CT molecular complexity index is 237. The molecule has 3 saturated carbocycles. The maximum atomic E-state index is 10.6. The second kappa shape index (κ2) is 2.47. The summed E-state index contributed by atoms with van der Waals surface area (Å²) >= 11 is 0. The normalized spacial score (nSPS) is 50.6. The van der Waals surface area contributed by atoms with Gasteiger partial charge in [0.05, 0.1) is 6.54 Å². The number of nitrogens with one attached hydrogen (secondary N) is 1. The molecular weight excluding hydrogens is 164 g/mol. The van der Waals surface area contributed by atoms with E-state index < -0.39 is 0 Å². The lowest BCUT2D eigenvalue weighted by Crippen LogP contribution is -2.32. The summed E-state index contributed by atoms with van der Waals surface area (Å²) in [5.74, 6) is 3.52. The maximum absolute atomic E-state index is 10.6. The van der Waals surface area contributed by atoms with Crippen LogP contribution in [0.25, 0.3) is 0 Å². The fourth-order valence-corrected chi connectivity index (χ4v) is 3.82. The molecule has 3 aliphatic rings. The number of hydrogen-bond acceptors (Lipinski definition) is 2. The molecule has 4 atom stereocenters. The first-order chi connectivity index (χ1) is 6.27. The van der Waals surface area contributed by atoms with E-state index in [4.69, 9.17) is 5.73 Å². The van der Waals surface area contributed by atoms with Crippen molar-refractivity contribution in [1.82, 2.24) is 5.32 Å². The van der Waals surface area contributed by atoms with Gasteiger partial charge in [-0.3, -0.25) is 4.79 Å². The van der Waals surface area contributed by atoms with Crippen molar-refractivity contribution in [1.29, 1.82) is 0 Å². The third-order valence-electron chi connectivity index (χ3n) is 4.25. The Balaban J connectivity index is 1.58. The molecule has 0 aromatic carbocycles. The third kappa shape index (κ3) is 1.03. The van der Waals surface area contributed by atoms with E-state index in [-0.39, 0.29) is 5.91 Å². The zero-order chi connectivity index (χ0) is 9.00. The van der Waals surface area contributed by atoms with Gasteiger partial charge in [0.1, 0.15) is 0 Å². The second-order valence-electron chi connectivity index (χ2n) is 4.86. The number of primary amides is 1. The van der Waals surface area contributed by atoms with Crippen molar-refractivity contribution in [3.05, 3.63) is 0 Å². The standard InChI is InChI=1S/C10H16N2O/c11-7(13)4-12-10-8-5-1-2-6(3-5)9(8)10/h5-6,8-10,12H,1-4H2,(H2,11,13). The lowest BCUT2D eigenvalue weighted by molar-refractivity contribution is -0.117. The summed E-state index contributed by atoms with van der Waals surface area (Å²) in [7, 11) is 0. The number of fused-ring (bicyclic) bond motifs is 5. The molecule has 0 saturated heterocycles.